The molecule has 2 saturated heterocycles. The molecule has 2 atom stereocenters. The van der Waals surface area contributed by atoms with Crippen LogP contribution in [0.5, 0.6) is 5.75 Å². The number of halogens is 3. The van der Waals surface area contributed by atoms with Crippen LogP contribution < -0.4 is 15.4 Å². The van der Waals surface area contributed by atoms with E-state index in [1.807, 2.05) is 6.07 Å². The van der Waals surface area contributed by atoms with Gasteiger partial charge in [0, 0.05) is 48.9 Å². The Bertz CT molecular complexity index is 1400. The molecular formula is C30H35F3N4O3S. The maximum Gasteiger partial charge on any atom is 0.406 e. The molecule has 0 spiro atoms. The van der Waals surface area contributed by atoms with Gasteiger partial charge in [-0.25, -0.2) is 0 Å². The van der Waals surface area contributed by atoms with Crippen molar-refractivity contribution in [1.82, 2.24) is 9.47 Å². The number of ether oxygens (including phenoxy) is 2. The van der Waals surface area contributed by atoms with Crippen LogP contribution >= 0.6 is 0 Å². The predicted molar refractivity (Wildman–Crippen MR) is 156 cm³/mol. The van der Waals surface area contributed by atoms with E-state index in [0.29, 0.717) is 33.6 Å². The lowest BCUT2D eigenvalue weighted by Crippen LogP contribution is -2.44. The van der Waals surface area contributed by atoms with Gasteiger partial charge in [-0.15, -0.1) is 0 Å². The monoisotopic (exact) mass is 588 g/mol. The number of piperidine rings is 1. The summed E-state index contributed by atoms with van der Waals surface area (Å²) in [5.74, 6) is 6.42. The Morgan fingerprint density at radius 1 is 1.12 bits per heavy atom. The highest BCUT2D eigenvalue weighted by Gasteiger charge is 2.31. The summed E-state index contributed by atoms with van der Waals surface area (Å²) in [6.07, 6.45) is 0.198. The number of likely N-dealkylation sites (tertiary alicyclic amines) is 1. The molecule has 2 N–H and O–H groups in total. The van der Waals surface area contributed by atoms with Crippen molar-refractivity contribution in [2.24, 2.45) is 0 Å². The number of hydrogen-bond acceptors (Lipinski definition) is 6. The zero-order valence-electron chi connectivity index (χ0n) is 23.2. The van der Waals surface area contributed by atoms with E-state index in [4.69, 9.17) is 9.47 Å². The van der Waals surface area contributed by atoms with Crippen LogP contribution in [0, 0.1) is 11.8 Å². The summed E-state index contributed by atoms with van der Waals surface area (Å²) in [5, 5.41) is 7.47. The van der Waals surface area contributed by atoms with Gasteiger partial charge in [0.2, 0.25) is 0 Å². The molecule has 220 valence electrons. The summed E-state index contributed by atoms with van der Waals surface area (Å²) < 4.78 is 64.7. The van der Waals surface area contributed by atoms with E-state index in [1.54, 1.807) is 42.7 Å². The first kappa shape index (κ1) is 29.5. The van der Waals surface area contributed by atoms with Crippen molar-refractivity contribution in [3.63, 3.8) is 0 Å². The summed E-state index contributed by atoms with van der Waals surface area (Å²) in [6, 6.07) is 13.1. The van der Waals surface area contributed by atoms with Crippen molar-refractivity contribution in [2.45, 2.75) is 49.0 Å². The Balaban J connectivity index is 1.33. The zero-order valence-corrected chi connectivity index (χ0v) is 24.0. The van der Waals surface area contributed by atoms with Gasteiger partial charge < -0.3 is 29.2 Å². The van der Waals surface area contributed by atoms with E-state index in [9.17, 15) is 17.7 Å². The number of hydrogen-bond donors (Lipinski definition) is 2. The lowest BCUT2D eigenvalue weighted by Gasteiger charge is -2.36. The van der Waals surface area contributed by atoms with Crippen molar-refractivity contribution in [1.29, 1.82) is 0 Å². The second-order valence-electron chi connectivity index (χ2n) is 10.4. The van der Waals surface area contributed by atoms with E-state index in [0.717, 1.165) is 56.6 Å². The van der Waals surface area contributed by atoms with Gasteiger partial charge in [0.1, 0.15) is 18.6 Å². The van der Waals surface area contributed by atoms with Crippen LogP contribution in [0.1, 0.15) is 25.0 Å². The molecule has 0 radical (unpaired) electrons. The molecule has 2 fully saturated rings. The molecule has 2 aromatic carbocycles. The van der Waals surface area contributed by atoms with Crippen LogP contribution in [-0.4, -0.2) is 78.5 Å². The number of nitrogens with zero attached hydrogens (tertiary/aromatic N) is 2. The molecule has 0 amide bonds. The van der Waals surface area contributed by atoms with Crippen LogP contribution in [-0.2, 0) is 22.5 Å². The Morgan fingerprint density at radius 3 is 2.61 bits per heavy atom. The van der Waals surface area contributed by atoms with E-state index in [1.165, 1.54) is 11.7 Å². The van der Waals surface area contributed by atoms with Crippen molar-refractivity contribution in [3.8, 4) is 17.6 Å². The second kappa shape index (κ2) is 12.9. The van der Waals surface area contributed by atoms with Gasteiger partial charge in [0.15, 0.2) is 4.90 Å². The molecule has 11 heteroatoms. The molecular weight excluding hydrogens is 553 g/mol. The lowest BCUT2D eigenvalue weighted by molar-refractivity contribution is -0.140. The number of methoxy groups -OCH3 is 1. The van der Waals surface area contributed by atoms with Crippen molar-refractivity contribution in [2.75, 3.05) is 56.8 Å². The van der Waals surface area contributed by atoms with Gasteiger partial charge in [-0.2, -0.15) is 13.2 Å². The van der Waals surface area contributed by atoms with Gasteiger partial charge in [0.05, 0.1) is 37.2 Å². The maximum absolute atomic E-state index is 13.6. The molecule has 3 heterocycles. The van der Waals surface area contributed by atoms with E-state index in [2.05, 4.69) is 27.4 Å². The van der Waals surface area contributed by atoms with Gasteiger partial charge in [-0.1, -0.05) is 12.0 Å². The number of nitrogens with one attached hydrogen (secondary N) is 2. The third-order valence-electron chi connectivity index (χ3n) is 7.68. The number of benzene rings is 2. The molecule has 1 aromatic heterocycles. The molecule has 0 bridgehead atoms. The minimum Gasteiger partial charge on any atom is -0.612 e. The predicted octanol–water partition coefficient (Wildman–Crippen LogP) is 5.08. The molecule has 41 heavy (non-hydrogen) atoms. The Hall–Kier alpha value is -3.04. The maximum atomic E-state index is 13.6. The summed E-state index contributed by atoms with van der Waals surface area (Å²) in [4.78, 5) is 3.12. The Kier molecular flexibility index (Phi) is 9.24. The largest absolute Gasteiger partial charge is 0.612 e. The topological polar surface area (TPSA) is 73.8 Å². The van der Waals surface area contributed by atoms with Crippen molar-refractivity contribution >= 4 is 33.5 Å². The Morgan fingerprint density at radius 2 is 1.93 bits per heavy atom. The third kappa shape index (κ3) is 7.25. The summed E-state index contributed by atoms with van der Waals surface area (Å²) >= 11 is -1.15. The van der Waals surface area contributed by atoms with Crippen molar-refractivity contribution in [3.05, 3.63) is 48.2 Å². The van der Waals surface area contributed by atoms with E-state index >= 15 is 0 Å². The minimum atomic E-state index is -4.39. The van der Waals surface area contributed by atoms with E-state index in [-0.39, 0.29) is 12.6 Å². The first-order valence-electron chi connectivity index (χ1n) is 13.7. The van der Waals surface area contributed by atoms with Crippen LogP contribution in [0.3, 0.4) is 0 Å². The summed E-state index contributed by atoms with van der Waals surface area (Å²) in [6.45, 7) is 2.64. The molecule has 5 rings (SSSR count). The molecule has 2 aliphatic heterocycles. The highest BCUT2D eigenvalue weighted by molar-refractivity contribution is 7.90. The van der Waals surface area contributed by atoms with Gasteiger partial charge in [0.25, 0.3) is 0 Å². The number of fused-ring (bicyclic) bond motifs is 1. The fourth-order valence-electron chi connectivity index (χ4n) is 5.57. The van der Waals surface area contributed by atoms with Gasteiger partial charge in [-0.05, 0) is 66.7 Å². The highest BCUT2D eigenvalue weighted by atomic mass is 32.2. The first-order valence-corrected chi connectivity index (χ1v) is 15.3. The first-order chi connectivity index (χ1) is 19.7. The molecule has 2 aliphatic rings. The van der Waals surface area contributed by atoms with Crippen molar-refractivity contribution < 1.29 is 27.2 Å². The smallest absolute Gasteiger partial charge is 0.406 e. The normalized spacial score (nSPS) is 19.1. The number of alkyl halides is 3. The summed E-state index contributed by atoms with van der Waals surface area (Å²) in [5.41, 5.74) is 2.28. The molecule has 7 nitrogen and oxygen atoms in total. The number of aromatic nitrogens is 1. The number of rotatable bonds is 8. The fraction of sp³-hybridized carbons (Fsp3) is 0.467. The third-order valence-corrected chi connectivity index (χ3v) is 8.60. The average molecular weight is 589 g/mol. The van der Waals surface area contributed by atoms with Gasteiger partial charge in [-0.3, -0.25) is 4.90 Å². The molecule has 0 saturated carbocycles. The molecule has 1 unspecified atom stereocenters. The average Bonchev–Trinajstić information content (AvgIpc) is 3.60. The van der Waals surface area contributed by atoms with E-state index < -0.39 is 23.9 Å². The zero-order chi connectivity index (χ0) is 29.0. The summed E-state index contributed by atoms with van der Waals surface area (Å²) in [7, 11) is 1.52. The van der Waals surface area contributed by atoms with Crippen LogP contribution in [0.15, 0.2) is 47.4 Å². The number of anilines is 2. The van der Waals surface area contributed by atoms with Crippen LogP contribution in [0.2, 0.25) is 0 Å². The van der Waals surface area contributed by atoms with Crippen LogP contribution in [0.4, 0.5) is 24.5 Å². The lowest BCUT2D eigenvalue weighted by atomic mass is 10.0. The fourth-order valence-corrected chi connectivity index (χ4v) is 6.11. The minimum absolute atomic E-state index is 0.189. The molecule has 3 aromatic rings. The highest BCUT2D eigenvalue weighted by Crippen LogP contribution is 2.32. The SMILES string of the molecule is COc1cc([S+](C)[O-])ccc1NCC#Cc1cc2c(NC3CCN([C@H]4CCOC4)CC3)cccc2n1CC(F)(F)F. The quantitative estimate of drug-likeness (QED) is 0.283. The Labute approximate surface area is 241 Å². The second-order valence-corrected chi connectivity index (χ2v) is 11.8. The standard InChI is InChI=1S/C30H35F3N4O3S/c1-39-29-18-24(41(2)38)8-9-27(29)34-13-4-5-22-17-25-26(6-3-7-28(25)37(22)20-30(31,32)33)35-21-10-14-36(15-11-21)23-12-16-40-19-23/h3,6-9,17-18,21,23,34-35H,10-16,19-20H2,1-2H3/t23-,41?/m0/s1. The molecule has 0 aliphatic carbocycles. The van der Waals surface area contributed by atoms with Gasteiger partial charge >= 0.3 is 6.18 Å². The van der Waals surface area contributed by atoms with Crippen LogP contribution in [0.25, 0.3) is 10.9 Å².